The summed E-state index contributed by atoms with van der Waals surface area (Å²) in [5, 5.41) is 23.0. The van der Waals surface area contributed by atoms with Gasteiger partial charge in [0.1, 0.15) is 0 Å². The Labute approximate surface area is 126 Å². The number of nitrogens with two attached hydrogens (primary N) is 1. The van der Waals surface area contributed by atoms with Gasteiger partial charge < -0.3 is 10.0 Å². The predicted octanol–water partition coefficient (Wildman–Crippen LogP) is -0.102. The molecule has 1 aliphatic rings. The number of amides is 1. The number of benzene rings is 1. The number of hydrogen-bond donors (Lipinski definition) is 2. The van der Waals surface area contributed by atoms with Gasteiger partial charge in [-0.3, -0.25) is 4.79 Å². The van der Waals surface area contributed by atoms with Crippen molar-refractivity contribution in [3.05, 3.63) is 29.3 Å². The first-order valence-corrected chi connectivity index (χ1v) is 8.01. The highest BCUT2D eigenvalue weighted by atomic mass is 32.2. The Morgan fingerprint density at radius 3 is 2.73 bits per heavy atom. The molecule has 1 aromatic carbocycles. The highest BCUT2D eigenvalue weighted by Crippen LogP contribution is 2.29. The highest BCUT2D eigenvalue weighted by Gasteiger charge is 2.34. The molecule has 0 aliphatic carbocycles. The third-order valence-corrected chi connectivity index (χ3v) is 4.26. The normalized spacial score (nSPS) is 18.3. The van der Waals surface area contributed by atoms with E-state index in [0.717, 1.165) is 0 Å². The lowest BCUT2D eigenvalue weighted by Crippen LogP contribution is -2.28. The molecule has 9 heteroatoms. The fraction of sp³-hybridized carbons (Fsp3) is 0.308. The summed E-state index contributed by atoms with van der Waals surface area (Å²) in [5.41, 5.74) is 0.131. The molecule has 0 spiro atoms. The Morgan fingerprint density at radius 2 is 2.18 bits per heavy atom. The lowest BCUT2D eigenvalue weighted by molar-refractivity contribution is -0.117. The Bertz CT molecular complexity index is 781. The third-order valence-electron chi connectivity index (χ3n) is 3.32. The summed E-state index contributed by atoms with van der Waals surface area (Å²) in [5.74, 6) is -2.47. The van der Waals surface area contributed by atoms with Crippen LogP contribution in [0, 0.1) is 17.2 Å². The Morgan fingerprint density at radius 1 is 1.50 bits per heavy atom. The summed E-state index contributed by atoms with van der Waals surface area (Å²) in [7, 11) is -3.71. The van der Waals surface area contributed by atoms with Gasteiger partial charge in [0, 0.05) is 18.9 Å². The van der Waals surface area contributed by atoms with Crippen LogP contribution >= 0.6 is 0 Å². The summed E-state index contributed by atoms with van der Waals surface area (Å²) in [6, 6.07) is 5.79. The van der Waals surface area contributed by atoms with Crippen LogP contribution in [0.1, 0.15) is 22.3 Å². The maximum absolute atomic E-state index is 12.0. The Balaban J connectivity index is 2.35. The maximum Gasteiger partial charge on any atom is 0.337 e. The van der Waals surface area contributed by atoms with Gasteiger partial charge in [-0.05, 0) is 18.2 Å². The van der Waals surface area contributed by atoms with E-state index in [4.69, 9.17) is 10.4 Å². The first kappa shape index (κ1) is 15.9. The van der Waals surface area contributed by atoms with Gasteiger partial charge >= 0.3 is 5.97 Å². The molecule has 2 rings (SSSR count). The van der Waals surface area contributed by atoms with Crippen LogP contribution in [0.3, 0.4) is 0 Å². The van der Waals surface area contributed by atoms with Gasteiger partial charge in [-0.25, -0.2) is 18.4 Å². The first-order valence-electron chi connectivity index (χ1n) is 6.29. The van der Waals surface area contributed by atoms with Crippen molar-refractivity contribution in [1.82, 2.24) is 0 Å². The van der Waals surface area contributed by atoms with E-state index in [1.165, 1.54) is 23.1 Å². The molecule has 0 aromatic heterocycles. The molecule has 1 saturated heterocycles. The van der Waals surface area contributed by atoms with Crippen molar-refractivity contribution in [3.8, 4) is 6.07 Å². The molecule has 116 valence electrons. The molecule has 1 fully saturated rings. The average Bonchev–Trinajstić information content (AvgIpc) is 2.76. The average molecular weight is 323 g/mol. The van der Waals surface area contributed by atoms with Crippen LogP contribution in [0.5, 0.6) is 0 Å². The summed E-state index contributed by atoms with van der Waals surface area (Å²) in [6.45, 7) is 0.0709. The minimum absolute atomic E-state index is 0.0184. The maximum atomic E-state index is 12.0. The van der Waals surface area contributed by atoms with Gasteiger partial charge in [0.2, 0.25) is 15.9 Å². The second-order valence-corrected chi connectivity index (χ2v) is 6.71. The molecule has 8 nitrogen and oxygen atoms in total. The van der Waals surface area contributed by atoms with Crippen LogP contribution in [0.4, 0.5) is 5.69 Å². The quantitative estimate of drug-likeness (QED) is 0.792. The van der Waals surface area contributed by atoms with E-state index < -0.39 is 21.9 Å². The summed E-state index contributed by atoms with van der Waals surface area (Å²) in [4.78, 5) is 24.6. The van der Waals surface area contributed by atoms with Crippen LogP contribution in [-0.4, -0.2) is 37.7 Å². The van der Waals surface area contributed by atoms with E-state index in [0.29, 0.717) is 0 Å². The van der Waals surface area contributed by atoms with Crippen LogP contribution in [0.25, 0.3) is 0 Å². The number of rotatable bonds is 4. The number of nitriles is 1. The number of carboxylic acid groups (broad SMARTS) is 1. The molecule has 3 N–H and O–H groups in total. The lowest BCUT2D eigenvalue weighted by Gasteiger charge is -2.19. The van der Waals surface area contributed by atoms with Gasteiger partial charge in [0.25, 0.3) is 0 Å². The molecular formula is C13H13N3O5S. The van der Waals surface area contributed by atoms with Gasteiger partial charge in [-0.2, -0.15) is 5.26 Å². The van der Waals surface area contributed by atoms with E-state index in [2.05, 4.69) is 0 Å². The van der Waals surface area contributed by atoms with E-state index in [1.54, 1.807) is 0 Å². The molecule has 1 aromatic rings. The molecular weight excluding hydrogens is 310 g/mol. The standard InChI is InChI=1S/C13H13N3O5S/c14-5-8-1-2-11(10(3-8)13(18)19)16-6-9(4-12(16)17)7-22(15,20)21/h1-3,9H,4,6-7H2,(H,18,19)(H2,15,20,21). The Kier molecular flexibility index (Phi) is 4.16. The molecule has 22 heavy (non-hydrogen) atoms. The van der Waals surface area contributed by atoms with Gasteiger partial charge in [0.05, 0.1) is 28.6 Å². The van der Waals surface area contributed by atoms with Crippen molar-refractivity contribution in [2.45, 2.75) is 6.42 Å². The number of anilines is 1. The second-order valence-electron chi connectivity index (χ2n) is 5.05. The predicted molar refractivity (Wildman–Crippen MR) is 76.6 cm³/mol. The molecule has 1 amide bonds. The zero-order chi connectivity index (χ0) is 16.5. The third kappa shape index (κ3) is 3.41. The van der Waals surface area contributed by atoms with E-state index in [1.807, 2.05) is 6.07 Å². The summed E-state index contributed by atoms with van der Waals surface area (Å²) >= 11 is 0. The number of nitrogens with zero attached hydrogens (tertiary/aromatic N) is 2. The minimum atomic E-state index is -3.71. The zero-order valence-corrected chi connectivity index (χ0v) is 12.2. The number of sulfonamides is 1. The van der Waals surface area contributed by atoms with E-state index >= 15 is 0 Å². The zero-order valence-electron chi connectivity index (χ0n) is 11.4. The molecule has 1 atom stereocenters. The van der Waals surface area contributed by atoms with Crippen molar-refractivity contribution < 1.29 is 23.1 Å². The summed E-state index contributed by atoms with van der Waals surface area (Å²) in [6.07, 6.45) is -0.0184. The smallest absolute Gasteiger partial charge is 0.337 e. The van der Waals surface area contributed by atoms with Crippen molar-refractivity contribution in [2.75, 3.05) is 17.2 Å². The molecule has 0 bridgehead atoms. The van der Waals surface area contributed by atoms with Crippen molar-refractivity contribution in [2.24, 2.45) is 11.1 Å². The number of primary sulfonamides is 1. The number of hydrogen-bond acceptors (Lipinski definition) is 5. The van der Waals surface area contributed by atoms with E-state index in [9.17, 15) is 23.1 Å². The Hall–Kier alpha value is -2.44. The molecule has 0 radical (unpaired) electrons. The highest BCUT2D eigenvalue weighted by molar-refractivity contribution is 7.89. The van der Waals surface area contributed by atoms with Gasteiger partial charge in [0.15, 0.2) is 0 Å². The number of carboxylic acids is 1. The molecule has 0 saturated carbocycles. The van der Waals surface area contributed by atoms with Crippen molar-refractivity contribution >= 4 is 27.6 Å². The van der Waals surface area contributed by atoms with Crippen LogP contribution in [-0.2, 0) is 14.8 Å². The van der Waals surface area contributed by atoms with E-state index in [-0.39, 0.29) is 41.4 Å². The van der Waals surface area contributed by atoms with Gasteiger partial charge in [-0.15, -0.1) is 0 Å². The van der Waals surface area contributed by atoms with Crippen molar-refractivity contribution in [1.29, 1.82) is 5.26 Å². The fourth-order valence-electron chi connectivity index (χ4n) is 2.47. The SMILES string of the molecule is N#Cc1ccc(N2CC(CS(N)(=O)=O)CC2=O)c(C(=O)O)c1. The van der Waals surface area contributed by atoms with Crippen LogP contribution in [0.15, 0.2) is 18.2 Å². The van der Waals surface area contributed by atoms with Crippen molar-refractivity contribution in [3.63, 3.8) is 0 Å². The molecule has 1 unspecified atom stereocenters. The minimum Gasteiger partial charge on any atom is -0.478 e. The monoisotopic (exact) mass is 323 g/mol. The number of carbonyl (C=O) groups is 2. The molecule has 1 aliphatic heterocycles. The molecule has 1 heterocycles. The number of aromatic carboxylic acids is 1. The lowest BCUT2D eigenvalue weighted by atomic mass is 10.1. The second kappa shape index (κ2) is 5.75. The topological polar surface area (TPSA) is 142 Å². The van der Waals surface area contributed by atoms with Crippen LogP contribution < -0.4 is 10.0 Å². The largest absolute Gasteiger partial charge is 0.478 e. The summed E-state index contributed by atoms with van der Waals surface area (Å²) < 4.78 is 22.2. The van der Waals surface area contributed by atoms with Gasteiger partial charge in [-0.1, -0.05) is 0 Å². The first-order chi connectivity index (χ1) is 10.2. The van der Waals surface area contributed by atoms with Crippen LogP contribution in [0.2, 0.25) is 0 Å². The fourth-order valence-corrected chi connectivity index (χ4v) is 3.35. The number of carbonyl (C=O) groups excluding carboxylic acids is 1.